The Morgan fingerprint density at radius 3 is 2.50 bits per heavy atom. The molecule has 0 radical (unpaired) electrons. The first kappa shape index (κ1) is 20.6. The quantitative estimate of drug-likeness (QED) is 0.801. The van der Waals surface area contributed by atoms with Crippen LogP contribution in [0.15, 0.2) is 41.8 Å². The zero-order valence-electron chi connectivity index (χ0n) is 17.2. The van der Waals surface area contributed by atoms with E-state index in [0.717, 1.165) is 16.0 Å². The van der Waals surface area contributed by atoms with Gasteiger partial charge < -0.3 is 15.1 Å². The first-order valence-corrected chi connectivity index (χ1v) is 11.4. The highest BCUT2D eigenvalue weighted by Crippen LogP contribution is 2.28. The molecule has 1 atom stereocenters. The number of nitrogens with one attached hydrogen (secondary N) is 1. The predicted molar refractivity (Wildman–Crippen MR) is 116 cm³/mol. The van der Waals surface area contributed by atoms with Gasteiger partial charge in [-0.05, 0) is 48.8 Å². The monoisotopic (exact) mass is 425 g/mol. The summed E-state index contributed by atoms with van der Waals surface area (Å²) in [6, 6.07) is 11.3. The average molecular weight is 426 g/mol. The lowest BCUT2D eigenvalue weighted by atomic mass is 10.0. The van der Waals surface area contributed by atoms with Crippen molar-refractivity contribution in [1.29, 1.82) is 0 Å². The Morgan fingerprint density at radius 2 is 1.83 bits per heavy atom. The fourth-order valence-corrected chi connectivity index (χ4v) is 5.30. The molecule has 4 rings (SSSR count). The minimum atomic E-state index is -0.409. The van der Waals surface area contributed by atoms with Crippen molar-refractivity contribution in [3.63, 3.8) is 0 Å². The van der Waals surface area contributed by atoms with Gasteiger partial charge in [-0.15, -0.1) is 11.3 Å². The zero-order valence-corrected chi connectivity index (χ0v) is 18.0. The minimum absolute atomic E-state index is 0.0148. The van der Waals surface area contributed by atoms with E-state index < -0.39 is 6.04 Å². The average Bonchev–Trinajstić information content (AvgIpc) is 3.38. The molecule has 0 spiro atoms. The van der Waals surface area contributed by atoms with Crippen LogP contribution >= 0.6 is 11.3 Å². The van der Waals surface area contributed by atoms with Crippen LogP contribution < -0.4 is 5.32 Å². The summed E-state index contributed by atoms with van der Waals surface area (Å²) in [6.45, 7) is 3.65. The summed E-state index contributed by atoms with van der Waals surface area (Å²) < 4.78 is 0. The molecule has 1 aromatic heterocycles. The fourth-order valence-electron chi connectivity index (χ4n) is 4.40. The van der Waals surface area contributed by atoms with Crippen molar-refractivity contribution >= 4 is 29.1 Å². The van der Waals surface area contributed by atoms with Crippen LogP contribution in [0.3, 0.4) is 0 Å². The number of carbonyl (C=O) groups is 3. The van der Waals surface area contributed by atoms with E-state index in [1.807, 2.05) is 53.6 Å². The minimum Gasteiger partial charge on any atom is -0.350 e. The molecule has 2 aliphatic rings. The van der Waals surface area contributed by atoms with Gasteiger partial charge in [-0.25, -0.2) is 0 Å². The number of thiophene rings is 1. The second kappa shape index (κ2) is 9.00. The number of benzene rings is 1. The molecule has 2 fully saturated rings. The number of hydrogen-bond donors (Lipinski definition) is 1. The van der Waals surface area contributed by atoms with Gasteiger partial charge in [-0.3, -0.25) is 14.4 Å². The van der Waals surface area contributed by atoms with Crippen molar-refractivity contribution < 1.29 is 14.4 Å². The highest BCUT2D eigenvalue weighted by Gasteiger charge is 2.41. The second-order valence-electron chi connectivity index (χ2n) is 8.01. The van der Waals surface area contributed by atoms with Crippen molar-refractivity contribution in [1.82, 2.24) is 15.1 Å². The predicted octanol–water partition coefficient (Wildman–Crippen LogP) is 2.97. The van der Waals surface area contributed by atoms with Crippen molar-refractivity contribution in [2.75, 3.05) is 13.1 Å². The van der Waals surface area contributed by atoms with Gasteiger partial charge in [0.05, 0.1) is 4.88 Å². The van der Waals surface area contributed by atoms with Gasteiger partial charge >= 0.3 is 0 Å². The third-order valence-corrected chi connectivity index (χ3v) is 7.07. The Bertz CT molecular complexity index is 919. The third kappa shape index (κ3) is 4.26. The van der Waals surface area contributed by atoms with Crippen molar-refractivity contribution in [3.05, 3.63) is 57.8 Å². The normalized spacial score (nSPS) is 19.9. The maximum atomic E-state index is 12.8. The van der Waals surface area contributed by atoms with E-state index in [4.69, 9.17) is 0 Å². The summed E-state index contributed by atoms with van der Waals surface area (Å²) in [5, 5.41) is 4.93. The Hall–Kier alpha value is -2.67. The molecule has 30 heavy (non-hydrogen) atoms. The van der Waals surface area contributed by atoms with Crippen LogP contribution in [0.25, 0.3) is 0 Å². The maximum absolute atomic E-state index is 12.8. The number of carbonyl (C=O) groups excluding carboxylic acids is 3. The van der Waals surface area contributed by atoms with Crippen molar-refractivity contribution in [2.45, 2.75) is 51.2 Å². The lowest BCUT2D eigenvalue weighted by molar-refractivity contribution is -0.138. The standard InChI is InChI=1S/C23H27N3O3S/c1-16-11-14-30-21(16)23(29)25-12-9-18(10-13-25)26-19(7-8-20(26)27)22(28)24-15-17-5-3-2-4-6-17/h2-6,11,14,18-19H,7-10,12-13,15H2,1H3,(H,24,28). The number of likely N-dealkylation sites (tertiary alicyclic amines) is 2. The Morgan fingerprint density at radius 1 is 1.10 bits per heavy atom. The molecule has 3 amide bonds. The van der Waals surface area contributed by atoms with Gasteiger partial charge in [0.1, 0.15) is 6.04 Å². The van der Waals surface area contributed by atoms with E-state index in [2.05, 4.69) is 5.32 Å². The van der Waals surface area contributed by atoms with Crippen LogP contribution in [0.2, 0.25) is 0 Å². The van der Waals surface area contributed by atoms with Gasteiger partial charge in [0.2, 0.25) is 11.8 Å². The lowest BCUT2D eigenvalue weighted by Gasteiger charge is -2.39. The molecule has 0 saturated carbocycles. The molecular weight excluding hydrogens is 398 g/mol. The summed E-state index contributed by atoms with van der Waals surface area (Å²) in [4.78, 5) is 42.6. The molecule has 1 aromatic carbocycles. The molecule has 7 heteroatoms. The highest BCUT2D eigenvalue weighted by atomic mass is 32.1. The first-order chi connectivity index (χ1) is 14.5. The van der Waals surface area contributed by atoms with E-state index >= 15 is 0 Å². The Kier molecular flexibility index (Phi) is 6.18. The molecule has 2 aliphatic heterocycles. The number of rotatable bonds is 5. The number of piperidine rings is 1. The molecule has 6 nitrogen and oxygen atoms in total. The van der Waals surface area contributed by atoms with Crippen LogP contribution in [-0.4, -0.2) is 52.7 Å². The SMILES string of the molecule is Cc1ccsc1C(=O)N1CCC(N2C(=O)CCC2C(=O)NCc2ccccc2)CC1. The summed E-state index contributed by atoms with van der Waals surface area (Å²) in [7, 11) is 0. The van der Waals surface area contributed by atoms with Gasteiger partial charge in [-0.1, -0.05) is 30.3 Å². The van der Waals surface area contributed by atoms with Crippen LogP contribution in [0.1, 0.15) is 46.5 Å². The molecule has 2 aromatic rings. The first-order valence-electron chi connectivity index (χ1n) is 10.5. The van der Waals surface area contributed by atoms with Gasteiger partial charge in [0.25, 0.3) is 5.91 Å². The van der Waals surface area contributed by atoms with Gasteiger partial charge in [-0.2, -0.15) is 0 Å². The van der Waals surface area contributed by atoms with Crippen LogP contribution in [0.4, 0.5) is 0 Å². The van der Waals surface area contributed by atoms with Gasteiger partial charge in [0, 0.05) is 32.1 Å². The summed E-state index contributed by atoms with van der Waals surface area (Å²) in [5.41, 5.74) is 2.05. The molecule has 2 saturated heterocycles. The Labute approximate surface area is 180 Å². The van der Waals surface area contributed by atoms with Gasteiger partial charge in [0.15, 0.2) is 0 Å². The summed E-state index contributed by atoms with van der Waals surface area (Å²) >= 11 is 1.48. The van der Waals surface area contributed by atoms with Crippen LogP contribution in [0, 0.1) is 6.92 Å². The van der Waals surface area contributed by atoms with Crippen LogP contribution in [-0.2, 0) is 16.1 Å². The summed E-state index contributed by atoms with van der Waals surface area (Å²) in [6.07, 6.45) is 2.40. The number of aryl methyl sites for hydroxylation is 1. The lowest BCUT2D eigenvalue weighted by Crippen LogP contribution is -2.53. The van der Waals surface area contributed by atoms with Crippen molar-refractivity contribution in [3.8, 4) is 0 Å². The third-order valence-electron chi connectivity index (χ3n) is 6.07. The zero-order chi connectivity index (χ0) is 21.1. The highest BCUT2D eigenvalue weighted by molar-refractivity contribution is 7.12. The maximum Gasteiger partial charge on any atom is 0.264 e. The Balaban J connectivity index is 1.35. The second-order valence-corrected chi connectivity index (χ2v) is 8.93. The number of nitrogens with zero attached hydrogens (tertiary/aromatic N) is 2. The van der Waals surface area contributed by atoms with Crippen LogP contribution in [0.5, 0.6) is 0 Å². The van der Waals surface area contributed by atoms with E-state index in [9.17, 15) is 14.4 Å². The smallest absolute Gasteiger partial charge is 0.264 e. The van der Waals surface area contributed by atoms with E-state index in [1.54, 1.807) is 4.90 Å². The van der Waals surface area contributed by atoms with E-state index in [1.165, 1.54) is 11.3 Å². The molecule has 0 aliphatic carbocycles. The van der Waals surface area contributed by atoms with E-state index in [-0.39, 0.29) is 23.8 Å². The number of hydrogen-bond acceptors (Lipinski definition) is 4. The largest absolute Gasteiger partial charge is 0.350 e. The van der Waals surface area contributed by atoms with E-state index in [0.29, 0.717) is 45.3 Å². The fraction of sp³-hybridized carbons (Fsp3) is 0.435. The molecular formula is C23H27N3O3S. The molecule has 1 N–H and O–H groups in total. The molecule has 158 valence electrons. The number of amides is 3. The molecule has 3 heterocycles. The van der Waals surface area contributed by atoms with Crippen molar-refractivity contribution in [2.24, 2.45) is 0 Å². The topological polar surface area (TPSA) is 69.7 Å². The molecule has 1 unspecified atom stereocenters. The molecule has 0 bridgehead atoms. The summed E-state index contributed by atoms with van der Waals surface area (Å²) in [5.74, 6) is 0.0389.